The van der Waals surface area contributed by atoms with Crippen LogP contribution in [0.1, 0.15) is 21.7 Å². The summed E-state index contributed by atoms with van der Waals surface area (Å²) in [7, 11) is 1.93. The molecule has 0 bridgehead atoms. The molecular formula is C16H17N5O. The zero-order chi connectivity index (χ0) is 15.7. The lowest BCUT2D eigenvalue weighted by atomic mass is 10.1. The van der Waals surface area contributed by atoms with E-state index < -0.39 is 0 Å². The zero-order valence-electron chi connectivity index (χ0n) is 12.7. The monoisotopic (exact) mass is 295 g/mol. The molecule has 3 rings (SSSR count). The molecule has 0 aliphatic rings. The lowest BCUT2D eigenvalue weighted by Gasteiger charge is -2.07. The highest BCUT2D eigenvalue weighted by Gasteiger charge is 2.15. The van der Waals surface area contributed by atoms with E-state index >= 15 is 0 Å². The van der Waals surface area contributed by atoms with E-state index in [1.807, 2.05) is 55.9 Å². The Labute approximate surface area is 128 Å². The third-order valence-corrected chi connectivity index (χ3v) is 3.67. The number of nitrogens with one attached hydrogen (secondary N) is 2. The largest absolute Gasteiger partial charge is 0.334 e. The zero-order valence-corrected chi connectivity index (χ0v) is 12.7. The number of carbonyl (C=O) groups is 1. The smallest absolute Gasteiger partial charge is 0.276 e. The predicted molar refractivity (Wildman–Crippen MR) is 84.7 cm³/mol. The van der Waals surface area contributed by atoms with Gasteiger partial charge >= 0.3 is 0 Å². The number of amides is 1. The number of hydrogen-bond donors (Lipinski definition) is 2. The minimum atomic E-state index is -0.223. The van der Waals surface area contributed by atoms with Crippen molar-refractivity contribution in [1.29, 1.82) is 0 Å². The SMILES string of the molecule is Cc1[nH]nc(C(=O)Nc2cccc(-c3nccn3C)c2)c1C. The summed E-state index contributed by atoms with van der Waals surface area (Å²) in [5.74, 6) is 0.627. The Morgan fingerprint density at radius 3 is 2.77 bits per heavy atom. The van der Waals surface area contributed by atoms with Crippen molar-refractivity contribution in [2.24, 2.45) is 7.05 Å². The first kappa shape index (κ1) is 14.1. The van der Waals surface area contributed by atoms with E-state index in [1.165, 1.54) is 0 Å². The molecule has 1 amide bonds. The van der Waals surface area contributed by atoms with Crippen molar-refractivity contribution in [2.75, 3.05) is 5.32 Å². The van der Waals surface area contributed by atoms with Gasteiger partial charge in [0, 0.05) is 41.9 Å². The van der Waals surface area contributed by atoms with Crippen LogP contribution in [0.4, 0.5) is 5.69 Å². The van der Waals surface area contributed by atoms with Crippen molar-refractivity contribution in [3.63, 3.8) is 0 Å². The molecule has 0 fully saturated rings. The fraction of sp³-hybridized carbons (Fsp3) is 0.188. The number of aromatic amines is 1. The second-order valence-corrected chi connectivity index (χ2v) is 5.22. The predicted octanol–water partition coefficient (Wildman–Crippen LogP) is 2.68. The summed E-state index contributed by atoms with van der Waals surface area (Å²) in [6.45, 7) is 3.76. The number of carbonyl (C=O) groups excluding carboxylic acids is 1. The van der Waals surface area contributed by atoms with E-state index in [4.69, 9.17) is 0 Å². The topological polar surface area (TPSA) is 75.6 Å². The van der Waals surface area contributed by atoms with Gasteiger partial charge in [0.05, 0.1) is 0 Å². The summed E-state index contributed by atoms with van der Waals surface area (Å²) < 4.78 is 1.93. The van der Waals surface area contributed by atoms with Crippen LogP contribution >= 0.6 is 0 Å². The molecule has 0 aliphatic carbocycles. The lowest BCUT2D eigenvalue weighted by molar-refractivity contribution is 0.102. The molecule has 112 valence electrons. The molecular weight excluding hydrogens is 278 g/mol. The number of nitrogens with zero attached hydrogens (tertiary/aromatic N) is 3. The maximum atomic E-state index is 12.3. The number of benzene rings is 1. The van der Waals surface area contributed by atoms with Gasteiger partial charge in [-0.05, 0) is 26.0 Å². The molecule has 0 atom stereocenters. The van der Waals surface area contributed by atoms with E-state index in [0.29, 0.717) is 11.4 Å². The first-order chi connectivity index (χ1) is 10.6. The minimum Gasteiger partial charge on any atom is -0.334 e. The number of hydrogen-bond acceptors (Lipinski definition) is 3. The van der Waals surface area contributed by atoms with Crippen molar-refractivity contribution >= 4 is 11.6 Å². The summed E-state index contributed by atoms with van der Waals surface area (Å²) in [6.07, 6.45) is 3.63. The van der Waals surface area contributed by atoms with Crippen molar-refractivity contribution in [3.8, 4) is 11.4 Å². The Morgan fingerprint density at radius 1 is 1.32 bits per heavy atom. The molecule has 2 heterocycles. The van der Waals surface area contributed by atoms with Gasteiger partial charge in [0.2, 0.25) is 0 Å². The number of imidazole rings is 1. The molecule has 1 aromatic carbocycles. The van der Waals surface area contributed by atoms with Crippen LogP contribution in [0, 0.1) is 13.8 Å². The van der Waals surface area contributed by atoms with Crippen LogP contribution in [0.5, 0.6) is 0 Å². The van der Waals surface area contributed by atoms with Crippen molar-refractivity contribution in [1.82, 2.24) is 19.7 Å². The average molecular weight is 295 g/mol. The van der Waals surface area contributed by atoms with Gasteiger partial charge < -0.3 is 9.88 Å². The number of anilines is 1. The highest BCUT2D eigenvalue weighted by atomic mass is 16.1. The van der Waals surface area contributed by atoms with Crippen LogP contribution in [0.15, 0.2) is 36.7 Å². The summed E-state index contributed by atoms with van der Waals surface area (Å²) in [4.78, 5) is 16.6. The molecule has 6 heteroatoms. The van der Waals surface area contributed by atoms with Crippen LogP contribution in [0.3, 0.4) is 0 Å². The van der Waals surface area contributed by atoms with Gasteiger partial charge in [-0.25, -0.2) is 4.98 Å². The van der Waals surface area contributed by atoms with Crippen molar-refractivity contribution in [2.45, 2.75) is 13.8 Å². The highest BCUT2D eigenvalue weighted by Crippen LogP contribution is 2.21. The van der Waals surface area contributed by atoms with Crippen LogP contribution in [0.2, 0.25) is 0 Å². The Bertz CT molecular complexity index is 831. The van der Waals surface area contributed by atoms with Gasteiger partial charge in [-0.2, -0.15) is 5.10 Å². The second kappa shape index (κ2) is 5.48. The Morgan fingerprint density at radius 2 is 2.14 bits per heavy atom. The van der Waals surface area contributed by atoms with Gasteiger partial charge in [-0.3, -0.25) is 9.89 Å². The Balaban J connectivity index is 1.86. The minimum absolute atomic E-state index is 0.223. The number of rotatable bonds is 3. The third kappa shape index (κ3) is 2.50. The van der Waals surface area contributed by atoms with E-state index in [0.717, 1.165) is 22.6 Å². The van der Waals surface area contributed by atoms with Crippen LogP contribution in [-0.2, 0) is 7.05 Å². The van der Waals surface area contributed by atoms with Gasteiger partial charge in [-0.1, -0.05) is 12.1 Å². The van der Waals surface area contributed by atoms with Crippen LogP contribution in [-0.4, -0.2) is 25.7 Å². The molecule has 2 aromatic heterocycles. The molecule has 3 aromatic rings. The number of aromatic nitrogens is 4. The van der Waals surface area contributed by atoms with Gasteiger partial charge in [-0.15, -0.1) is 0 Å². The van der Waals surface area contributed by atoms with E-state index in [2.05, 4.69) is 20.5 Å². The Kier molecular flexibility index (Phi) is 3.50. The maximum absolute atomic E-state index is 12.3. The Hall–Kier alpha value is -2.89. The van der Waals surface area contributed by atoms with Gasteiger partial charge in [0.25, 0.3) is 5.91 Å². The first-order valence-corrected chi connectivity index (χ1v) is 6.97. The van der Waals surface area contributed by atoms with Crippen molar-refractivity contribution < 1.29 is 4.79 Å². The number of aryl methyl sites for hydroxylation is 2. The molecule has 0 aliphatic heterocycles. The summed E-state index contributed by atoms with van der Waals surface area (Å²) in [5.41, 5.74) is 3.83. The molecule has 0 spiro atoms. The van der Waals surface area contributed by atoms with E-state index in [9.17, 15) is 4.79 Å². The van der Waals surface area contributed by atoms with E-state index in [-0.39, 0.29) is 5.91 Å². The second-order valence-electron chi connectivity index (χ2n) is 5.22. The highest BCUT2D eigenvalue weighted by molar-refractivity contribution is 6.04. The molecule has 22 heavy (non-hydrogen) atoms. The summed E-state index contributed by atoms with van der Waals surface area (Å²) >= 11 is 0. The molecule has 0 saturated heterocycles. The van der Waals surface area contributed by atoms with Gasteiger partial charge in [0.15, 0.2) is 5.69 Å². The lowest BCUT2D eigenvalue weighted by Crippen LogP contribution is -2.13. The average Bonchev–Trinajstić information content (AvgIpc) is 3.06. The maximum Gasteiger partial charge on any atom is 0.276 e. The molecule has 2 N–H and O–H groups in total. The normalized spacial score (nSPS) is 10.7. The summed E-state index contributed by atoms with van der Waals surface area (Å²) in [6, 6.07) is 7.60. The van der Waals surface area contributed by atoms with Gasteiger partial charge in [0.1, 0.15) is 5.82 Å². The van der Waals surface area contributed by atoms with Crippen molar-refractivity contribution in [3.05, 3.63) is 53.6 Å². The quantitative estimate of drug-likeness (QED) is 0.780. The third-order valence-electron chi connectivity index (χ3n) is 3.67. The number of H-pyrrole nitrogens is 1. The first-order valence-electron chi connectivity index (χ1n) is 6.97. The van der Waals surface area contributed by atoms with Crippen LogP contribution in [0.25, 0.3) is 11.4 Å². The fourth-order valence-electron chi connectivity index (χ4n) is 2.28. The van der Waals surface area contributed by atoms with Crippen LogP contribution < -0.4 is 5.32 Å². The molecule has 0 unspecified atom stereocenters. The summed E-state index contributed by atoms with van der Waals surface area (Å²) in [5, 5.41) is 9.74. The molecule has 6 nitrogen and oxygen atoms in total. The molecule has 0 saturated carbocycles. The van der Waals surface area contributed by atoms with E-state index in [1.54, 1.807) is 6.20 Å². The molecule has 0 radical (unpaired) electrons. The fourth-order valence-corrected chi connectivity index (χ4v) is 2.28. The standard InChI is InChI=1S/C16H17N5O/c1-10-11(2)19-20-14(10)16(22)18-13-6-4-5-12(9-13)15-17-7-8-21(15)3/h4-9H,1-3H3,(H,18,22)(H,19,20).